The molecule has 0 aliphatic heterocycles. The van der Waals surface area contributed by atoms with E-state index in [1.165, 1.54) is 20.3 Å². The molecule has 0 N–H and O–H groups in total. The molecule has 24 heavy (non-hydrogen) atoms. The molecule has 0 saturated carbocycles. The Morgan fingerprint density at radius 2 is 1.29 bits per heavy atom. The topological polar surface area (TPSA) is 0 Å². The van der Waals surface area contributed by atoms with Crippen LogP contribution < -0.4 is 3.58 Å². The van der Waals surface area contributed by atoms with Gasteiger partial charge in [-0.25, -0.2) is 0 Å². The molecule has 0 bridgehead atoms. The van der Waals surface area contributed by atoms with Gasteiger partial charge in [0.05, 0.1) is 0 Å². The van der Waals surface area contributed by atoms with Gasteiger partial charge in [-0.3, -0.25) is 0 Å². The summed E-state index contributed by atoms with van der Waals surface area (Å²) < 4.78 is 4.77. The molecule has 0 aliphatic rings. The van der Waals surface area contributed by atoms with E-state index < -0.39 is 18.4 Å². The van der Waals surface area contributed by atoms with Crippen molar-refractivity contribution in [1.29, 1.82) is 0 Å². The van der Waals surface area contributed by atoms with E-state index in [-0.39, 0.29) is 0 Å². The second kappa shape index (κ2) is 8.89. The second-order valence-corrected chi connectivity index (χ2v) is 18.4. The predicted molar refractivity (Wildman–Crippen MR) is 112 cm³/mol. The predicted octanol–water partition coefficient (Wildman–Crippen LogP) is 6.21. The zero-order valence-electron chi connectivity index (χ0n) is 14.4. The zero-order chi connectivity index (χ0) is 17.4. The van der Waals surface area contributed by atoms with Gasteiger partial charge in [-0.1, -0.05) is 0 Å². The third kappa shape index (κ3) is 3.81. The van der Waals surface area contributed by atoms with Gasteiger partial charge in [0, 0.05) is 0 Å². The van der Waals surface area contributed by atoms with Gasteiger partial charge in [-0.15, -0.1) is 0 Å². The Labute approximate surface area is 150 Å². The van der Waals surface area contributed by atoms with Crippen molar-refractivity contribution in [3.63, 3.8) is 0 Å². The molecule has 2 aromatic rings. The monoisotopic (exact) mass is 422 g/mol. The Balaban J connectivity index is 2.71. The quantitative estimate of drug-likeness (QED) is 0.334. The summed E-state index contributed by atoms with van der Waals surface area (Å²) in [5.41, 5.74) is 3.79. The van der Waals surface area contributed by atoms with E-state index in [4.69, 9.17) is 0 Å². The first kappa shape index (κ1) is 18.5. The molecule has 0 spiro atoms. The van der Waals surface area contributed by atoms with E-state index in [2.05, 4.69) is 93.1 Å². The summed E-state index contributed by atoms with van der Waals surface area (Å²) in [5.74, 6) is 0. The van der Waals surface area contributed by atoms with Gasteiger partial charge >= 0.3 is 151 Å². The molecule has 0 radical (unpaired) electrons. The van der Waals surface area contributed by atoms with Crippen LogP contribution in [0.5, 0.6) is 0 Å². The molecule has 0 unspecified atom stereocenters. The van der Waals surface area contributed by atoms with E-state index >= 15 is 0 Å². The molecule has 0 atom stereocenters. The third-order valence-corrected chi connectivity index (χ3v) is 18.2. The summed E-state index contributed by atoms with van der Waals surface area (Å²) >= 11 is -2.73. The molecule has 0 saturated heterocycles. The van der Waals surface area contributed by atoms with Crippen LogP contribution in [-0.2, 0) is 0 Å². The molecule has 2 rings (SSSR count). The summed E-state index contributed by atoms with van der Waals surface area (Å²) in [6.07, 6.45) is 8.29. The zero-order valence-corrected chi connectivity index (χ0v) is 17.2. The Morgan fingerprint density at radius 3 is 1.79 bits per heavy atom. The van der Waals surface area contributed by atoms with Crippen molar-refractivity contribution in [2.75, 3.05) is 0 Å². The van der Waals surface area contributed by atoms with Crippen molar-refractivity contribution >= 4 is 28.0 Å². The fraction of sp³-hybridized carbons (Fsp3) is 0.130. The van der Waals surface area contributed by atoms with E-state index in [1.54, 1.807) is 0 Å². The molecular weight excluding hydrogens is 395 g/mol. The fourth-order valence-electron chi connectivity index (χ4n) is 3.53. The van der Waals surface area contributed by atoms with Crippen molar-refractivity contribution in [2.45, 2.75) is 13.3 Å². The van der Waals surface area contributed by atoms with Crippen LogP contribution >= 0.6 is 0 Å². The molecule has 0 aromatic heterocycles. The number of hydrogen-bond acceptors (Lipinski definition) is 0. The average molecular weight is 421 g/mol. The first-order chi connectivity index (χ1) is 11.7. The maximum atomic E-state index is 4.13. The van der Waals surface area contributed by atoms with Crippen LogP contribution in [0.15, 0.2) is 93.1 Å². The van der Waals surface area contributed by atoms with Crippen molar-refractivity contribution in [2.24, 2.45) is 0 Å². The van der Waals surface area contributed by atoms with Crippen LogP contribution in [0, 0.1) is 0 Å². The molecule has 0 heterocycles. The van der Waals surface area contributed by atoms with Crippen LogP contribution in [0.4, 0.5) is 0 Å². The van der Waals surface area contributed by atoms with Gasteiger partial charge in [0.25, 0.3) is 0 Å². The second-order valence-electron chi connectivity index (χ2n) is 6.10. The number of benzene rings is 2. The molecule has 0 nitrogen and oxygen atoms in total. The SMILES string of the molecule is C=C[CH2][Sn]([CH2]C=C)([CH2]C=C)[c]1cccc(-c2ccccc2)c1C=C. The Bertz CT molecular complexity index is 698. The van der Waals surface area contributed by atoms with Gasteiger partial charge < -0.3 is 0 Å². The molecule has 2 aromatic carbocycles. The van der Waals surface area contributed by atoms with Crippen LogP contribution in [0.3, 0.4) is 0 Å². The molecule has 0 fully saturated rings. The number of rotatable bonds is 9. The Morgan fingerprint density at radius 1 is 0.708 bits per heavy atom. The van der Waals surface area contributed by atoms with E-state index in [0.29, 0.717) is 0 Å². The first-order valence-electron chi connectivity index (χ1n) is 8.36. The van der Waals surface area contributed by atoms with Crippen LogP contribution in [0.25, 0.3) is 17.2 Å². The molecular formula is C23H26Sn. The standard InChI is InChI=1S/C14H11.3C3H5.Sn/c1-2-12-8-6-7-11-14(12)13-9-4-3-5-10-13;3*1-3-2;/h2-7,9-11H,1H2;3*3H,1-2H2;. The average Bonchev–Trinajstić information content (AvgIpc) is 2.62. The summed E-state index contributed by atoms with van der Waals surface area (Å²) in [6.45, 7) is 16.2. The van der Waals surface area contributed by atoms with Crippen molar-refractivity contribution in [1.82, 2.24) is 0 Å². The van der Waals surface area contributed by atoms with E-state index in [9.17, 15) is 0 Å². The summed E-state index contributed by atoms with van der Waals surface area (Å²) in [7, 11) is 0. The molecule has 122 valence electrons. The van der Waals surface area contributed by atoms with Gasteiger partial charge in [0.15, 0.2) is 0 Å². The van der Waals surface area contributed by atoms with Crippen LogP contribution in [-0.4, -0.2) is 18.4 Å². The van der Waals surface area contributed by atoms with Gasteiger partial charge in [0.1, 0.15) is 0 Å². The maximum absolute atomic E-state index is 4.13. The van der Waals surface area contributed by atoms with Gasteiger partial charge in [-0.2, -0.15) is 0 Å². The van der Waals surface area contributed by atoms with Crippen LogP contribution in [0.1, 0.15) is 5.56 Å². The Hall–Kier alpha value is -1.80. The molecule has 0 aliphatic carbocycles. The minimum absolute atomic E-state index is 1.09. The summed E-state index contributed by atoms with van der Waals surface area (Å²) in [5, 5.41) is 0. The molecule has 0 amide bonds. The third-order valence-electron chi connectivity index (χ3n) is 4.57. The molecule has 1 heteroatoms. The van der Waals surface area contributed by atoms with E-state index in [1.807, 2.05) is 6.08 Å². The number of hydrogen-bond donors (Lipinski definition) is 0. The van der Waals surface area contributed by atoms with E-state index in [0.717, 1.165) is 13.3 Å². The summed E-state index contributed by atoms with van der Waals surface area (Å²) in [6, 6.07) is 17.2. The minimum atomic E-state index is -2.73. The van der Waals surface area contributed by atoms with Gasteiger partial charge in [-0.05, 0) is 0 Å². The van der Waals surface area contributed by atoms with Crippen molar-refractivity contribution in [3.8, 4) is 11.1 Å². The van der Waals surface area contributed by atoms with Crippen molar-refractivity contribution < 1.29 is 0 Å². The first-order valence-corrected chi connectivity index (χ1v) is 15.8. The normalized spacial score (nSPS) is 10.8. The Kier molecular flexibility index (Phi) is 6.86. The van der Waals surface area contributed by atoms with Crippen molar-refractivity contribution in [3.05, 3.63) is 98.6 Å². The fourth-order valence-corrected chi connectivity index (χ4v) is 15.2. The van der Waals surface area contributed by atoms with Gasteiger partial charge in [0.2, 0.25) is 0 Å². The van der Waals surface area contributed by atoms with Crippen LogP contribution in [0.2, 0.25) is 13.3 Å². The number of allylic oxidation sites excluding steroid dienone is 3. The summed E-state index contributed by atoms with van der Waals surface area (Å²) in [4.78, 5) is 0.